The molecule has 0 radical (unpaired) electrons. The number of hydrogen-bond donors (Lipinski definition) is 2. The third kappa shape index (κ3) is 2.62. The molecule has 0 aliphatic carbocycles. The number of carbonyl (C=O) groups excluding carboxylic acids is 1. The Labute approximate surface area is 82.3 Å². The molecular weight excluding hydrogens is 190 g/mol. The van der Waals surface area contributed by atoms with Gasteiger partial charge in [-0.25, -0.2) is 0 Å². The molecule has 1 N–H and O–H groups in total. The highest BCUT2D eigenvalue weighted by atomic mass is 32.1. The smallest absolute Gasteiger partial charge is 0.306 e. The van der Waals surface area contributed by atoms with Crippen molar-refractivity contribution in [3.05, 3.63) is 0 Å². The second kappa shape index (κ2) is 4.50. The molecule has 74 valence electrons. The van der Waals surface area contributed by atoms with Crippen molar-refractivity contribution in [2.45, 2.75) is 12.8 Å². The van der Waals surface area contributed by atoms with Gasteiger partial charge in [-0.15, -0.1) is 0 Å². The number of nitrogens with zero attached hydrogens (tertiary/aromatic N) is 1. The highest BCUT2D eigenvalue weighted by Gasteiger charge is 2.26. The highest BCUT2D eigenvalue weighted by molar-refractivity contribution is 7.81. The van der Waals surface area contributed by atoms with Gasteiger partial charge in [-0.2, -0.15) is 12.6 Å². The van der Waals surface area contributed by atoms with Gasteiger partial charge in [0.05, 0.1) is 11.7 Å². The van der Waals surface area contributed by atoms with E-state index >= 15 is 0 Å². The Balaban J connectivity index is 2.39. The van der Waals surface area contributed by atoms with Crippen LogP contribution in [0.2, 0.25) is 0 Å². The fraction of sp³-hybridized carbons (Fsp3) is 0.750. The standard InChI is InChI=1S/C8H13NO3S/c10-7(5-13)9-3-1-6(2-4-9)8(11)12/h6,13H,1-5H2,(H,11,12). The van der Waals surface area contributed by atoms with Gasteiger partial charge in [0.15, 0.2) is 0 Å². The molecular formula is C8H13NO3S. The molecule has 0 saturated carbocycles. The number of carbonyl (C=O) groups is 2. The van der Waals surface area contributed by atoms with Crippen molar-refractivity contribution in [2.75, 3.05) is 18.8 Å². The lowest BCUT2D eigenvalue weighted by molar-refractivity contribution is -0.145. The fourth-order valence-corrected chi connectivity index (χ4v) is 1.68. The largest absolute Gasteiger partial charge is 0.481 e. The van der Waals surface area contributed by atoms with Crippen LogP contribution in [0.3, 0.4) is 0 Å². The number of carboxylic acids is 1. The van der Waals surface area contributed by atoms with Gasteiger partial charge in [0.1, 0.15) is 0 Å². The number of amides is 1. The van der Waals surface area contributed by atoms with Crippen LogP contribution in [-0.4, -0.2) is 40.7 Å². The van der Waals surface area contributed by atoms with E-state index < -0.39 is 5.97 Å². The maximum atomic E-state index is 11.1. The number of likely N-dealkylation sites (tertiary alicyclic amines) is 1. The Kier molecular flexibility index (Phi) is 3.59. The van der Waals surface area contributed by atoms with Gasteiger partial charge >= 0.3 is 5.97 Å². The molecule has 0 atom stereocenters. The molecule has 0 spiro atoms. The summed E-state index contributed by atoms with van der Waals surface area (Å²) in [5.41, 5.74) is 0. The molecule has 1 fully saturated rings. The zero-order valence-corrected chi connectivity index (χ0v) is 8.17. The van der Waals surface area contributed by atoms with Crippen LogP contribution in [0.25, 0.3) is 0 Å². The summed E-state index contributed by atoms with van der Waals surface area (Å²) in [6.45, 7) is 1.10. The molecule has 13 heavy (non-hydrogen) atoms. The lowest BCUT2D eigenvalue weighted by atomic mass is 9.97. The van der Waals surface area contributed by atoms with Crippen LogP contribution in [0.4, 0.5) is 0 Å². The molecule has 4 nitrogen and oxygen atoms in total. The molecule has 1 saturated heterocycles. The minimum Gasteiger partial charge on any atom is -0.481 e. The molecule has 1 rings (SSSR count). The number of carboxylic acid groups (broad SMARTS) is 1. The first-order valence-electron chi connectivity index (χ1n) is 4.26. The quantitative estimate of drug-likeness (QED) is 0.632. The maximum Gasteiger partial charge on any atom is 0.306 e. The van der Waals surface area contributed by atoms with E-state index in [1.165, 1.54) is 0 Å². The van der Waals surface area contributed by atoms with E-state index in [-0.39, 0.29) is 17.6 Å². The second-order valence-corrected chi connectivity index (χ2v) is 3.47. The van der Waals surface area contributed by atoms with Crippen molar-refractivity contribution in [1.29, 1.82) is 0 Å². The summed E-state index contributed by atoms with van der Waals surface area (Å²) in [7, 11) is 0. The Bertz CT molecular complexity index is 211. The van der Waals surface area contributed by atoms with Crippen LogP contribution < -0.4 is 0 Å². The van der Waals surface area contributed by atoms with Gasteiger partial charge in [0.25, 0.3) is 0 Å². The number of hydrogen-bond acceptors (Lipinski definition) is 3. The highest BCUT2D eigenvalue weighted by Crippen LogP contribution is 2.17. The number of rotatable bonds is 2. The Morgan fingerprint density at radius 1 is 1.38 bits per heavy atom. The van der Waals surface area contributed by atoms with Crippen LogP contribution in [0, 0.1) is 5.92 Å². The summed E-state index contributed by atoms with van der Waals surface area (Å²) >= 11 is 3.88. The Hall–Kier alpha value is -0.710. The SMILES string of the molecule is O=C(O)C1CCN(C(=O)CS)CC1. The molecule has 0 aromatic carbocycles. The fourth-order valence-electron chi connectivity index (χ4n) is 1.48. The van der Waals surface area contributed by atoms with Crippen molar-refractivity contribution >= 4 is 24.5 Å². The van der Waals surface area contributed by atoms with Gasteiger partial charge in [-0.3, -0.25) is 9.59 Å². The normalized spacial score (nSPS) is 18.7. The van der Waals surface area contributed by atoms with Crippen molar-refractivity contribution in [1.82, 2.24) is 4.90 Å². The first-order valence-corrected chi connectivity index (χ1v) is 4.90. The van der Waals surface area contributed by atoms with Crippen LogP contribution in [0.1, 0.15) is 12.8 Å². The molecule has 5 heteroatoms. The van der Waals surface area contributed by atoms with Gasteiger partial charge in [0, 0.05) is 13.1 Å². The van der Waals surface area contributed by atoms with Gasteiger partial charge in [0.2, 0.25) is 5.91 Å². The molecule has 0 unspecified atom stereocenters. The van der Waals surface area contributed by atoms with E-state index in [2.05, 4.69) is 12.6 Å². The first-order chi connectivity index (χ1) is 6.15. The van der Waals surface area contributed by atoms with E-state index in [0.717, 1.165) is 0 Å². The number of aliphatic carboxylic acids is 1. The minimum atomic E-state index is -0.752. The van der Waals surface area contributed by atoms with E-state index in [1.807, 2.05) is 0 Å². The third-order valence-corrected chi connectivity index (χ3v) is 2.60. The Morgan fingerprint density at radius 2 is 1.92 bits per heavy atom. The average Bonchev–Trinajstić information content (AvgIpc) is 2.17. The van der Waals surface area contributed by atoms with Crippen molar-refractivity contribution < 1.29 is 14.7 Å². The zero-order valence-electron chi connectivity index (χ0n) is 7.27. The van der Waals surface area contributed by atoms with Gasteiger partial charge in [-0.05, 0) is 12.8 Å². The maximum absolute atomic E-state index is 11.1. The number of thiol groups is 1. The lowest BCUT2D eigenvalue weighted by Crippen LogP contribution is -2.40. The van der Waals surface area contributed by atoms with E-state index in [4.69, 9.17) is 5.11 Å². The summed E-state index contributed by atoms with van der Waals surface area (Å²) < 4.78 is 0. The van der Waals surface area contributed by atoms with Crippen LogP contribution in [0.5, 0.6) is 0 Å². The van der Waals surface area contributed by atoms with E-state index in [0.29, 0.717) is 25.9 Å². The first kappa shape index (κ1) is 10.4. The topological polar surface area (TPSA) is 57.6 Å². The van der Waals surface area contributed by atoms with Crippen molar-refractivity contribution in [2.24, 2.45) is 5.92 Å². The van der Waals surface area contributed by atoms with Crippen molar-refractivity contribution in [3.63, 3.8) is 0 Å². The van der Waals surface area contributed by atoms with Gasteiger partial charge in [-0.1, -0.05) is 0 Å². The van der Waals surface area contributed by atoms with Crippen LogP contribution in [-0.2, 0) is 9.59 Å². The zero-order chi connectivity index (χ0) is 9.84. The molecule has 0 aromatic heterocycles. The number of piperidine rings is 1. The molecule has 1 aliphatic rings. The molecule has 0 aromatic rings. The average molecular weight is 203 g/mol. The monoisotopic (exact) mass is 203 g/mol. The van der Waals surface area contributed by atoms with Gasteiger partial charge < -0.3 is 10.0 Å². The third-order valence-electron chi connectivity index (χ3n) is 2.33. The summed E-state index contributed by atoms with van der Waals surface area (Å²) in [5, 5.41) is 8.70. The molecule has 0 bridgehead atoms. The van der Waals surface area contributed by atoms with Crippen LogP contribution in [0.15, 0.2) is 0 Å². The van der Waals surface area contributed by atoms with Crippen LogP contribution >= 0.6 is 12.6 Å². The second-order valence-electron chi connectivity index (χ2n) is 3.15. The summed E-state index contributed by atoms with van der Waals surface area (Å²) in [6, 6.07) is 0. The summed E-state index contributed by atoms with van der Waals surface area (Å²) in [4.78, 5) is 23.4. The van der Waals surface area contributed by atoms with E-state index in [1.54, 1.807) is 4.90 Å². The lowest BCUT2D eigenvalue weighted by Gasteiger charge is -2.29. The minimum absolute atomic E-state index is 0.00725. The summed E-state index contributed by atoms with van der Waals surface area (Å²) in [5.74, 6) is -0.827. The molecule has 1 amide bonds. The van der Waals surface area contributed by atoms with Crippen molar-refractivity contribution in [3.8, 4) is 0 Å². The van der Waals surface area contributed by atoms with E-state index in [9.17, 15) is 9.59 Å². The molecule has 1 aliphatic heterocycles. The summed E-state index contributed by atoms with van der Waals surface area (Å²) in [6.07, 6.45) is 1.13. The predicted molar refractivity (Wildman–Crippen MR) is 50.8 cm³/mol. The Morgan fingerprint density at radius 3 is 2.31 bits per heavy atom. The predicted octanol–water partition coefficient (Wildman–Crippen LogP) is 0.239. The molecule has 1 heterocycles.